The quantitative estimate of drug-likeness (QED) is 0.729. The number of aliphatic hydroxyl groups is 1. The summed E-state index contributed by atoms with van der Waals surface area (Å²) in [5.74, 6) is 0. The molecular weight excluding hydrogens is 243 g/mol. The van der Waals surface area contributed by atoms with Crippen LogP contribution in [0.1, 0.15) is 6.42 Å². The minimum atomic E-state index is 0. The summed E-state index contributed by atoms with van der Waals surface area (Å²) in [6.07, 6.45) is 1.67. The number of aliphatic hydroxyl groups excluding tert-OH is 1. The van der Waals surface area contributed by atoms with Gasteiger partial charge in [-0.25, -0.2) is 0 Å². The van der Waals surface area contributed by atoms with Crippen LogP contribution in [0.5, 0.6) is 0 Å². The van der Waals surface area contributed by atoms with Gasteiger partial charge in [-0.2, -0.15) is 0 Å². The predicted molar refractivity (Wildman–Crippen MR) is 56.7 cm³/mol. The van der Waals surface area contributed by atoms with E-state index in [0.717, 1.165) is 0 Å². The van der Waals surface area contributed by atoms with E-state index in [4.69, 9.17) is 10.5 Å². The third-order valence-electron chi connectivity index (χ3n) is 0.273. The van der Waals surface area contributed by atoms with E-state index < -0.39 is 0 Å². The second-order valence-electron chi connectivity index (χ2n) is 0.716. The highest BCUT2D eigenvalue weighted by atomic mass is 35.5. The molecule has 0 radical (unpaired) electrons. The standard InChI is InChI=1S/C3H7NO.5ClH/c4-2-1-3-5;;;;;/h2,4-5H,1,3H2;5*1H. The smallest absolute Gasteiger partial charge is 0.0480 e. The van der Waals surface area contributed by atoms with E-state index in [-0.39, 0.29) is 68.6 Å². The Labute approximate surface area is 91.7 Å². The first-order valence-corrected chi connectivity index (χ1v) is 1.51. The zero-order valence-corrected chi connectivity index (χ0v) is 9.06. The summed E-state index contributed by atoms with van der Waals surface area (Å²) in [5, 5.41) is 14.2. The molecule has 0 saturated carbocycles. The second-order valence-corrected chi connectivity index (χ2v) is 0.716. The summed E-state index contributed by atoms with van der Waals surface area (Å²) in [5.41, 5.74) is 0. The van der Waals surface area contributed by atoms with Crippen LogP contribution in [-0.4, -0.2) is 17.9 Å². The molecule has 2 nitrogen and oxygen atoms in total. The Kier molecular flexibility index (Phi) is 218. The first kappa shape index (κ1) is 43.6. The highest BCUT2D eigenvalue weighted by Gasteiger charge is 1.64. The average molecular weight is 255 g/mol. The van der Waals surface area contributed by atoms with Crippen molar-refractivity contribution in [2.24, 2.45) is 0 Å². The fraction of sp³-hybridized carbons (Fsp3) is 0.667. The summed E-state index contributed by atoms with van der Waals surface area (Å²) in [6, 6.07) is 0. The van der Waals surface area contributed by atoms with Crippen molar-refractivity contribution < 1.29 is 5.11 Å². The van der Waals surface area contributed by atoms with Crippen LogP contribution in [0, 0.1) is 5.41 Å². The summed E-state index contributed by atoms with van der Waals surface area (Å²) in [7, 11) is 0. The van der Waals surface area contributed by atoms with Crippen LogP contribution in [-0.2, 0) is 0 Å². The van der Waals surface area contributed by atoms with Gasteiger partial charge in [0, 0.05) is 13.0 Å². The van der Waals surface area contributed by atoms with E-state index >= 15 is 0 Å². The molecule has 0 spiro atoms. The van der Waals surface area contributed by atoms with E-state index in [1.165, 1.54) is 6.21 Å². The number of hydrogen-bond donors (Lipinski definition) is 2. The van der Waals surface area contributed by atoms with Crippen molar-refractivity contribution in [3.05, 3.63) is 0 Å². The summed E-state index contributed by atoms with van der Waals surface area (Å²) >= 11 is 0. The summed E-state index contributed by atoms with van der Waals surface area (Å²) < 4.78 is 0. The molecule has 0 aliphatic rings. The molecule has 0 saturated heterocycles. The molecule has 0 heterocycles. The molecule has 0 rings (SSSR count). The lowest BCUT2D eigenvalue weighted by Crippen LogP contribution is -1.78. The van der Waals surface area contributed by atoms with Crippen LogP contribution in [0.2, 0.25) is 0 Å². The molecule has 0 atom stereocenters. The van der Waals surface area contributed by atoms with Crippen molar-refractivity contribution >= 4 is 68.2 Å². The molecular formula is C3H12Cl5NO. The van der Waals surface area contributed by atoms with Crippen molar-refractivity contribution in [1.29, 1.82) is 5.41 Å². The number of halogens is 5. The SMILES string of the molecule is Cl.Cl.Cl.Cl.Cl.N=CCCO. The Morgan fingerprint density at radius 1 is 1.00 bits per heavy atom. The Hall–Kier alpha value is 1.08. The Bertz CT molecular complexity index is 38.1. The van der Waals surface area contributed by atoms with Gasteiger partial charge < -0.3 is 10.5 Å². The van der Waals surface area contributed by atoms with Crippen LogP contribution in [0.4, 0.5) is 0 Å². The molecule has 2 N–H and O–H groups in total. The van der Waals surface area contributed by atoms with E-state index in [2.05, 4.69) is 0 Å². The van der Waals surface area contributed by atoms with Gasteiger partial charge in [0.15, 0.2) is 0 Å². The minimum absolute atomic E-state index is 0. The van der Waals surface area contributed by atoms with Gasteiger partial charge in [0.2, 0.25) is 0 Å². The van der Waals surface area contributed by atoms with Crippen molar-refractivity contribution in [3.8, 4) is 0 Å². The normalized spacial score (nSPS) is 3.70. The van der Waals surface area contributed by atoms with E-state index in [0.29, 0.717) is 6.42 Å². The maximum absolute atomic E-state index is 7.92. The van der Waals surface area contributed by atoms with Gasteiger partial charge in [0.25, 0.3) is 0 Å². The molecule has 0 aromatic carbocycles. The molecule has 0 aromatic rings. The Balaban J connectivity index is -0.00000000800. The lowest BCUT2D eigenvalue weighted by molar-refractivity contribution is 0.308. The van der Waals surface area contributed by atoms with Crippen molar-refractivity contribution in [3.63, 3.8) is 0 Å². The van der Waals surface area contributed by atoms with Gasteiger partial charge >= 0.3 is 0 Å². The predicted octanol–water partition coefficient (Wildman–Crippen LogP) is 2.13. The maximum Gasteiger partial charge on any atom is 0.0480 e. The Morgan fingerprint density at radius 2 is 1.30 bits per heavy atom. The van der Waals surface area contributed by atoms with Crippen LogP contribution < -0.4 is 0 Å². The first-order chi connectivity index (χ1) is 2.41. The van der Waals surface area contributed by atoms with Gasteiger partial charge in [0.1, 0.15) is 0 Å². The van der Waals surface area contributed by atoms with Gasteiger partial charge in [-0.1, -0.05) is 0 Å². The zero-order valence-electron chi connectivity index (χ0n) is 4.98. The molecule has 0 aromatic heterocycles. The molecule has 0 amide bonds. The number of hydrogen-bond acceptors (Lipinski definition) is 2. The van der Waals surface area contributed by atoms with Crippen molar-refractivity contribution in [1.82, 2.24) is 0 Å². The van der Waals surface area contributed by atoms with Gasteiger partial charge in [0.05, 0.1) is 0 Å². The lowest BCUT2D eigenvalue weighted by Gasteiger charge is -1.72. The fourth-order valence-corrected chi connectivity index (χ4v) is 0.0645. The molecule has 7 heteroatoms. The van der Waals surface area contributed by atoms with Crippen LogP contribution in [0.25, 0.3) is 0 Å². The van der Waals surface area contributed by atoms with Crippen LogP contribution in [0.15, 0.2) is 0 Å². The molecule has 70 valence electrons. The fourth-order valence-electron chi connectivity index (χ4n) is 0.0645. The first-order valence-electron chi connectivity index (χ1n) is 1.51. The van der Waals surface area contributed by atoms with Crippen LogP contribution >= 0.6 is 62.0 Å². The molecule has 0 aliphatic heterocycles. The molecule has 0 fully saturated rings. The maximum atomic E-state index is 7.92. The number of rotatable bonds is 2. The topological polar surface area (TPSA) is 44.1 Å². The van der Waals surface area contributed by atoms with Gasteiger partial charge in [-0.3, -0.25) is 0 Å². The average Bonchev–Trinajstić information content (AvgIpc) is 1.41. The van der Waals surface area contributed by atoms with Crippen molar-refractivity contribution in [2.45, 2.75) is 6.42 Å². The number of nitrogens with one attached hydrogen (secondary N) is 1. The molecule has 0 bridgehead atoms. The second kappa shape index (κ2) is 49.9. The van der Waals surface area contributed by atoms with E-state index in [1.54, 1.807) is 0 Å². The monoisotopic (exact) mass is 253 g/mol. The van der Waals surface area contributed by atoms with Crippen molar-refractivity contribution in [2.75, 3.05) is 6.61 Å². The van der Waals surface area contributed by atoms with Gasteiger partial charge in [-0.05, 0) is 6.21 Å². The lowest BCUT2D eigenvalue weighted by atomic mass is 10.5. The highest BCUT2D eigenvalue weighted by molar-refractivity contribution is 5.86. The molecule has 0 unspecified atom stereocenters. The minimum Gasteiger partial charge on any atom is -0.396 e. The van der Waals surface area contributed by atoms with Gasteiger partial charge in [-0.15, -0.1) is 62.0 Å². The summed E-state index contributed by atoms with van der Waals surface area (Å²) in [6.45, 7) is 0.101. The highest BCUT2D eigenvalue weighted by Crippen LogP contribution is 1.59. The summed E-state index contributed by atoms with van der Waals surface area (Å²) in [4.78, 5) is 0. The molecule has 0 aliphatic carbocycles. The third kappa shape index (κ3) is 62.5. The van der Waals surface area contributed by atoms with E-state index in [9.17, 15) is 0 Å². The largest absolute Gasteiger partial charge is 0.396 e. The Morgan fingerprint density at radius 3 is 1.30 bits per heavy atom. The van der Waals surface area contributed by atoms with E-state index in [1.807, 2.05) is 0 Å². The zero-order chi connectivity index (χ0) is 4.12. The van der Waals surface area contributed by atoms with Crippen LogP contribution in [0.3, 0.4) is 0 Å². The molecule has 10 heavy (non-hydrogen) atoms. The third-order valence-corrected chi connectivity index (χ3v) is 0.273.